The van der Waals surface area contributed by atoms with Crippen molar-refractivity contribution in [1.82, 2.24) is 4.98 Å². The third-order valence-corrected chi connectivity index (χ3v) is 3.69. The molecule has 3 N–H and O–H groups in total. The average molecular weight is 269 g/mol. The number of rotatable bonds is 5. The first kappa shape index (κ1) is 12.9. The van der Waals surface area contributed by atoms with Crippen LogP contribution in [0.5, 0.6) is 5.75 Å². The van der Waals surface area contributed by atoms with Crippen molar-refractivity contribution in [2.75, 3.05) is 12.4 Å². The molecule has 2 atom stereocenters. The summed E-state index contributed by atoms with van der Waals surface area (Å²) < 4.78 is 5.14. The van der Waals surface area contributed by atoms with Crippen LogP contribution in [0.4, 0.5) is 5.82 Å². The van der Waals surface area contributed by atoms with Crippen LogP contribution in [0.3, 0.4) is 0 Å². The Morgan fingerprint density at radius 1 is 1.25 bits per heavy atom. The van der Waals surface area contributed by atoms with Crippen molar-refractivity contribution in [3.63, 3.8) is 0 Å². The Hall–Kier alpha value is -2.07. The van der Waals surface area contributed by atoms with Crippen LogP contribution < -0.4 is 15.8 Å². The molecule has 20 heavy (non-hydrogen) atoms. The number of methoxy groups -OCH3 is 1. The normalized spacial score (nSPS) is 20.5. The quantitative estimate of drug-likeness (QED) is 0.875. The fourth-order valence-electron chi connectivity index (χ4n) is 2.26. The summed E-state index contributed by atoms with van der Waals surface area (Å²) in [7, 11) is 1.67. The van der Waals surface area contributed by atoms with Crippen LogP contribution in [0.2, 0.25) is 0 Å². The summed E-state index contributed by atoms with van der Waals surface area (Å²) in [5.41, 5.74) is 8.28. The number of nitrogens with zero attached hydrogens (tertiary/aromatic N) is 1. The number of hydrogen-bond donors (Lipinski definition) is 2. The maximum atomic E-state index is 5.84. The van der Waals surface area contributed by atoms with Gasteiger partial charge in [0.25, 0.3) is 0 Å². The zero-order valence-corrected chi connectivity index (χ0v) is 11.5. The van der Waals surface area contributed by atoms with Gasteiger partial charge in [-0.3, -0.25) is 0 Å². The molecule has 1 aromatic heterocycles. The van der Waals surface area contributed by atoms with Crippen molar-refractivity contribution in [1.29, 1.82) is 0 Å². The van der Waals surface area contributed by atoms with E-state index in [1.54, 1.807) is 7.11 Å². The van der Waals surface area contributed by atoms with Gasteiger partial charge in [-0.05, 0) is 35.7 Å². The summed E-state index contributed by atoms with van der Waals surface area (Å²) in [6.45, 7) is 0.749. The smallest absolute Gasteiger partial charge is 0.126 e. The Labute approximate surface area is 119 Å². The highest BCUT2D eigenvalue weighted by Crippen LogP contribution is 2.38. The molecule has 1 saturated carbocycles. The van der Waals surface area contributed by atoms with Crippen LogP contribution in [0, 0.1) is 0 Å². The monoisotopic (exact) mass is 269 g/mol. The van der Waals surface area contributed by atoms with Crippen LogP contribution >= 0.6 is 0 Å². The molecule has 0 radical (unpaired) electrons. The molecule has 4 nitrogen and oxygen atoms in total. The van der Waals surface area contributed by atoms with E-state index in [2.05, 4.69) is 16.4 Å². The van der Waals surface area contributed by atoms with E-state index in [0.717, 1.165) is 24.5 Å². The lowest BCUT2D eigenvalue weighted by Crippen LogP contribution is -2.03. The molecule has 1 aliphatic rings. The Bertz CT molecular complexity index is 565. The lowest BCUT2D eigenvalue weighted by atomic mass is 10.2. The van der Waals surface area contributed by atoms with Gasteiger partial charge in [-0.25, -0.2) is 4.98 Å². The van der Waals surface area contributed by atoms with E-state index in [9.17, 15) is 0 Å². The standard InChI is InChI=1S/C16H19N3O/c1-20-13-5-2-11(3-6-13)9-18-16-7-4-12(10-19-16)14-8-15(14)17/h2-7,10,14-15H,8-9,17H2,1H3,(H,18,19)/t14-,15+/m0/s1. The van der Waals surface area contributed by atoms with E-state index in [1.165, 1.54) is 11.1 Å². The van der Waals surface area contributed by atoms with E-state index in [4.69, 9.17) is 10.5 Å². The number of benzene rings is 1. The molecule has 1 heterocycles. The van der Waals surface area contributed by atoms with E-state index >= 15 is 0 Å². The van der Waals surface area contributed by atoms with E-state index in [0.29, 0.717) is 12.0 Å². The van der Waals surface area contributed by atoms with Crippen molar-refractivity contribution in [3.8, 4) is 5.75 Å². The molecule has 0 saturated heterocycles. The first-order valence-electron chi connectivity index (χ1n) is 6.84. The zero-order valence-electron chi connectivity index (χ0n) is 11.5. The molecule has 2 aromatic rings. The Balaban J connectivity index is 1.57. The molecular weight excluding hydrogens is 250 g/mol. The summed E-state index contributed by atoms with van der Waals surface area (Å²) in [5.74, 6) is 2.27. The van der Waals surface area contributed by atoms with Gasteiger partial charge in [0.2, 0.25) is 0 Å². The van der Waals surface area contributed by atoms with Crippen LogP contribution in [0.15, 0.2) is 42.6 Å². The Morgan fingerprint density at radius 2 is 2.00 bits per heavy atom. The predicted molar refractivity (Wildman–Crippen MR) is 79.9 cm³/mol. The van der Waals surface area contributed by atoms with E-state index < -0.39 is 0 Å². The molecule has 1 fully saturated rings. The molecule has 1 aliphatic carbocycles. The molecule has 0 bridgehead atoms. The summed E-state index contributed by atoms with van der Waals surface area (Å²) in [6, 6.07) is 12.5. The average Bonchev–Trinajstić information content (AvgIpc) is 3.23. The molecule has 0 spiro atoms. The lowest BCUT2D eigenvalue weighted by Gasteiger charge is -2.07. The van der Waals surface area contributed by atoms with Crippen molar-refractivity contribution >= 4 is 5.82 Å². The van der Waals surface area contributed by atoms with Gasteiger partial charge in [0.1, 0.15) is 11.6 Å². The maximum absolute atomic E-state index is 5.84. The van der Waals surface area contributed by atoms with E-state index in [1.807, 2.05) is 36.5 Å². The van der Waals surface area contributed by atoms with Gasteiger partial charge in [-0.15, -0.1) is 0 Å². The van der Waals surface area contributed by atoms with Crippen molar-refractivity contribution < 1.29 is 4.74 Å². The predicted octanol–water partition coefficient (Wildman–Crippen LogP) is 2.52. The molecule has 0 amide bonds. The maximum Gasteiger partial charge on any atom is 0.126 e. The highest BCUT2D eigenvalue weighted by molar-refractivity contribution is 5.39. The highest BCUT2D eigenvalue weighted by atomic mass is 16.5. The summed E-state index contributed by atoms with van der Waals surface area (Å²) in [4.78, 5) is 4.43. The summed E-state index contributed by atoms with van der Waals surface area (Å²) in [6.07, 6.45) is 3.01. The van der Waals surface area contributed by atoms with Crippen LogP contribution in [0.1, 0.15) is 23.5 Å². The first-order valence-corrected chi connectivity index (χ1v) is 6.84. The fraction of sp³-hybridized carbons (Fsp3) is 0.312. The van der Waals surface area contributed by atoms with Gasteiger partial charge in [0, 0.05) is 24.7 Å². The number of ether oxygens (including phenoxy) is 1. The lowest BCUT2D eigenvalue weighted by molar-refractivity contribution is 0.414. The minimum absolute atomic E-state index is 0.329. The van der Waals surface area contributed by atoms with Gasteiger partial charge in [0.15, 0.2) is 0 Å². The number of anilines is 1. The third-order valence-electron chi connectivity index (χ3n) is 3.69. The second-order valence-corrected chi connectivity index (χ2v) is 5.18. The molecular formula is C16H19N3O. The van der Waals surface area contributed by atoms with Crippen molar-refractivity contribution in [2.24, 2.45) is 5.73 Å². The Kier molecular flexibility index (Phi) is 3.56. The van der Waals surface area contributed by atoms with Crippen LogP contribution in [0.25, 0.3) is 0 Å². The number of nitrogens with one attached hydrogen (secondary N) is 1. The first-order chi connectivity index (χ1) is 9.76. The van der Waals surface area contributed by atoms with Crippen molar-refractivity contribution in [3.05, 3.63) is 53.7 Å². The number of nitrogens with two attached hydrogens (primary N) is 1. The molecule has 104 valence electrons. The van der Waals surface area contributed by atoms with Gasteiger partial charge in [-0.1, -0.05) is 18.2 Å². The minimum atomic E-state index is 0.329. The Morgan fingerprint density at radius 3 is 2.55 bits per heavy atom. The summed E-state index contributed by atoms with van der Waals surface area (Å²) >= 11 is 0. The molecule has 1 aromatic carbocycles. The molecule has 3 rings (SSSR count). The molecule has 0 aliphatic heterocycles. The number of hydrogen-bond acceptors (Lipinski definition) is 4. The minimum Gasteiger partial charge on any atom is -0.497 e. The van der Waals surface area contributed by atoms with Gasteiger partial charge in [0.05, 0.1) is 7.11 Å². The topological polar surface area (TPSA) is 60.2 Å². The van der Waals surface area contributed by atoms with Crippen molar-refractivity contribution in [2.45, 2.75) is 24.9 Å². The van der Waals surface area contributed by atoms with Crippen LogP contribution in [-0.2, 0) is 6.54 Å². The largest absolute Gasteiger partial charge is 0.497 e. The second kappa shape index (κ2) is 5.51. The zero-order chi connectivity index (χ0) is 13.9. The SMILES string of the molecule is COc1ccc(CNc2ccc([C@@H]3C[C@H]3N)cn2)cc1. The molecule has 0 unspecified atom stereocenters. The van der Waals surface area contributed by atoms with Crippen LogP contribution in [-0.4, -0.2) is 18.1 Å². The third kappa shape index (κ3) is 2.91. The number of aromatic nitrogens is 1. The number of pyridine rings is 1. The van der Waals surface area contributed by atoms with Gasteiger partial charge >= 0.3 is 0 Å². The second-order valence-electron chi connectivity index (χ2n) is 5.18. The van der Waals surface area contributed by atoms with Gasteiger partial charge in [-0.2, -0.15) is 0 Å². The van der Waals surface area contributed by atoms with Gasteiger partial charge < -0.3 is 15.8 Å². The highest BCUT2D eigenvalue weighted by Gasteiger charge is 2.34. The molecule has 4 heteroatoms. The van der Waals surface area contributed by atoms with E-state index in [-0.39, 0.29) is 0 Å². The summed E-state index contributed by atoms with van der Waals surface area (Å²) in [5, 5.41) is 3.31. The fourth-order valence-corrected chi connectivity index (χ4v) is 2.26.